The molecule has 1 aromatic carbocycles. The molecule has 6 aliphatic carbocycles. The van der Waals surface area contributed by atoms with Crippen LogP contribution in [-0.2, 0) is 25.8 Å². The summed E-state index contributed by atoms with van der Waals surface area (Å²) in [5.41, 5.74) is 0.358. The zero-order valence-corrected chi connectivity index (χ0v) is 40.4. The smallest absolute Gasteiger partial charge is 0.310 e. The van der Waals surface area contributed by atoms with Crippen molar-refractivity contribution in [3.63, 3.8) is 0 Å². The Labute approximate surface area is 373 Å². The highest BCUT2D eigenvalue weighted by Crippen LogP contribution is 2.80. The summed E-state index contributed by atoms with van der Waals surface area (Å²) in [4.78, 5) is 28.1. The van der Waals surface area contributed by atoms with Crippen LogP contribution in [0.3, 0.4) is 0 Å². The van der Waals surface area contributed by atoms with Crippen LogP contribution in [-0.4, -0.2) is 89.4 Å². The Hall–Kier alpha value is -2.27. The SMILES string of the molecule is C=C(C)[C@@]1(Cc2ccccc2)CC[C@@]2(NC[C@H]([C@@H](C)O)N3CCS(=O)(=O)CC3)CC[C@]3(C)[C@H](CC[C@@H]4[C@]5(C)CC[C@H]([C@@]6(C(=O)O)C[C@@H](C(=O)O)C6(C)C)C(C)(C)[C@H]5CC[C@]43C)[C@@H]21. The molecule has 0 amide bonds. The van der Waals surface area contributed by atoms with Crippen LogP contribution in [0.4, 0.5) is 0 Å². The Morgan fingerprint density at radius 1 is 0.839 bits per heavy atom. The molecule has 0 radical (unpaired) electrons. The quantitative estimate of drug-likeness (QED) is 0.160. The van der Waals surface area contributed by atoms with Gasteiger partial charge in [-0.05, 0) is 159 Å². The first kappa shape index (κ1) is 46.3. The fourth-order valence-corrected chi connectivity index (χ4v) is 19.5. The molecule has 10 heteroatoms. The van der Waals surface area contributed by atoms with E-state index in [0.29, 0.717) is 43.3 Å². The summed E-state index contributed by atoms with van der Waals surface area (Å²) >= 11 is 0. The van der Waals surface area contributed by atoms with Gasteiger partial charge in [-0.2, -0.15) is 0 Å². The molecule has 0 bridgehead atoms. The first-order valence-corrected chi connectivity index (χ1v) is 26.2. The van der Waals surface area contributed by atoms with E-state index in [2.05, 4.69) is 82.1 Å². The number of allylic oxidation sites excluding steroid dienone is 1. The van der Waals surface area contributed by atoms with Crippen molar-refractivity contribution in [3.05, 3.63) is 48.0 Å². The van der Waals surface area contributed by atoms with Gasteiger partial charge in [-0.15, -0.1) is 0 Å². The number of aliphatic carboxylic acids is 2. The first-order chi connectivity index (χ1) is 28.8. The van der Waals surface area contributed by atoms with Crippen molar-refractivity contribution in [1.29, 1.82) is 0 Å². The number of benzene rings is 1. The van der Waals surface area contributed by atoms with E-state index < -0.39 is 44.6 Å². The van der Waals surface area contributed by atoms with Crippen LogP contribution in [0.2, 0.25) is 0 Å². The van der Waals surface area contributed by atoms with Crippen LogP contribution >= 0.6 is 0 Å². The number of aliphatic hydroxyl groups is 1. The number of carbonyl (C=O) groups is 2. The summed E-state index contributed by atoms with van der Waals surface area (Å²) in [6.45, 7) is 26.9. The molecule has 1 aromatic rings. The van der Waals surface area contributed by atoms with Gasteiger partial charge in [0.2, 0.25) is 0 Å². The lowest BCUT2D eigenvalue weighted by molar-refractivity contribution is -0.268. The molecular weight excluding hydrogens is 797 g/mol. The van der Waals surface area contributed by atoms with E-state index in [9.17, 15) is 33.3 Å². The monoisotopic (exact) mass is 877 g/mol. The van der Waals surface area contributed by atoms with Gasteiger partial charge in [-0.1, -0.05) is 91.0 Å². The van der Waals surface area contributed by atoms with Crippen LogP contribution in [0.1, 0.15) is 139 Å². The Morgan fingerprint density at radius 2 is 1.47 bits per heavy atom. The van der Waals surface area contributed by atoms with Crippen molar-refractivity contribution in [2.75, 3.05) is 31.1 Å². The fraction of sp³-hybridized carbons (Fsp3) is 0.808. The largest absolute Gasteiger partial charge is 0.481 e. The average Bonchev–Trinajstić information content (AvgIpc) is 3.51. The van der Waals surface area contributed by atoms with Crippen LogP contribution in [0.15, 0.2) is 42.5 Å². The number of rotatable bonds is 11. The Bertz CT molecular complexity index is 2040. The average molecular weight is 877 g/mol. The van der Waals surface area contributed by atoms with Gasteiger partial charge in [-0.3, -0.25) is 14.5 Å². The minimum atomic E-state index is -3.05. The Balaban J connectivity index is 1.14. The maximum atomic E-state index is 13.5. The topological polar surface area (TPSA) is 144 Å². The fourth-order valence-electron chi connectivity index (χ4n) is 18.3. The highest BCUT2D eigenvalue weighted by atomic mass is 32.2. The van der Waals surface area contributed by atoms with Gasteiger partial charge in [0.25, 0.3) is 0 Å². The molecule has 8 rings (SSSR count). The van der Waals surface area contributed by atoms with Crippen LogP contribution in [0.5, 0.6) is 0 Å². The van der Waals surface area contributed by atoms with E-state index >= 15 is 0 Å². The van der Waals surface area contributed by atoms with E-state index in [1.165, 1.54) is 11.1 Å². The number of nitrogens with zero attached hydrogens (tertiary/aromatic N) is 1. The maximum absolute atomic E-state index is 13.5. The molecule has 62 heavy (non-hydrogen) atoms. The molecule has 0 spiro atoms. The van der Waals surface area contributed by atoms with E-state index in [1.807, 2.05) is 20.8 Å². The van der Waals surface area contributed by atoms with Gasteiger partial charge in [0.15, 0.2) is 9.84 Å². The summed E-state index contributed by atoms with van der Waals surface area (Å²) in [7, 11) is -3.05. The second kappa shape index (κ2) is 15.1. The highest BCUT2D eigenvalue weighted by Gasteiger charge is 2.77. The van der Waals surface area contributed by atoms with Crippen molar-refractivity contribution < 1.29 is 33.3 Å². The molecule has 7 fully saturated rings. The number of carboxylic acids is 2. The normalized spacial score (nSPS) is 45.2. The third kappa shape index (κ3) is 6.37. The lowest BCUT2D eigenvalue weighted by atomic mass is 9.29. The van der Waals surface area contributed by atoms with Crippen LogP contribution in [0.25, 0.3) is 0 Å². The third-order valence-corrected chi connectivity index (χ3v) is 23.4. The van der Waals surface area contributed by atoms with Crippen LogP contribution < -0.4 is 5.32 Å². The van der Waals surface area contributed by atoms with Crippen molar-refractivity contribution in [3.8, 4) is 0 Å². The molecule has 1 aliphatic heterocycles. The van der Waals surface area contributed by atoms with E-state index in [-0.39, 0.29) is 62.5 Å². The predicted molar refractivity (Wildman–Crippen MR) is 245 cm³/mol. The standard InChI is InChI=1S/C52H80N2O7S/c1-33(2)50(30-35-14-12-11-13-15-35)23-25-51(53-32-38(34(3)55)54-26-28-62(60,61)29-27-54)24-22-48(9)36(42(50)51)16-17-41-47(8)20-18-40(45(4,5)39(47)19-21-49(41,48)10)52(44(58)59)31-37(43(56)57)46(52,6)7/h11-15,34,36-42,53,55H,1,16-32H2,2-10H3,(H,56,57)(H,58,59)/t34-,36-,37+,38-,39-,40+,41-,42-,47-,48-,49-,50+,51+,52-/m1/s1. The second-order valence-corrected chi connectivity index (χ2v) is 26.6. The molecule has 1 heterocycles. The van der Waals surface area contributed by atoms with Crippen molar-refractivity contribution in [2.45, 2.75) is 157 Å². The number of nitrogens with one attached hydrogen (secondary N) is 1. The lowest BCUT2D eigenvalue weighted by Crippen LogP contribution is -2.72. The molecule has 7 aliphatic rings. The summed E-state index contributed by atoms with van der Waals surface area (Å²) in [6.07, 6.45) is 11.1. The number of fused-ring (bicyclic) bond motifs is 7. The molecule has 346 valence electrons. The maximum Gasteiger partial charge on any atom is 0.310 e. The van der Waals surface area contributed by atoms with E-state index in [1.54, 1.807) is 0 Å². The minimum Gasteiger partial charge on any atom is -0.481 e. The van der Waals surface area contributed by atoms with Crippen molar-refractivity contribution in [2.24, 2.45) is 73.4 Å². The Morgan fingerprint density at radius 3 is 2.05 bits per heavy atom. The third-order valence-electron chi connectivity index (χ3n) is 21.8. The molecule has 1 saturated heterocycles. The van der Waals surface area contributed by atoms with Gasteiger partial charge in [0, 0.05) is 31.2 Å². The molecule has 6 saturated carbocycles. The van der Waals surface area contributed by atoms with Crippen molar-refractivity contribution in [1.82, 2.24) is 10.2 Å². The predicted octanol–water partition coefficient (Wildman–Crippen LogP) is 8.90. The van der Waals surface area contributed by atoms with E-state index in [4.69, 9.17) is 6.58 Å². The number of hydrogen-bond donors (Lipinski definition) is 4. The van der Waals surface area contributed by atoms with E-state index in [0.717, 1.165) is 70.6 Å². The molecule has 4 N–H and O–H groups in total. The molecule has 14 atom stereocenters. The van der Waals surface area contributed by atoms with Gasteiger partial charge in [-0.25, -0.2) is 8.42 Å². The zero-order chi connectivity index (χ0) is 45.3. The molecule has 0 unspecified atom stereocenters. The first-order valence-electron chi connectivity index (χ1n) is 24.3. The lowest BCUT2D eigenvalue weighted by Gasteiger charge is -2.75. The van der Waals surface area contributed by atoms with Gasteiger partial charge < -0.3 is 20.6 Å². The number of sulfone groups is 1. The van der Waals surface area contributed by atoms with Gasteiger partial charge in [0.1, 0.15) is 0 Å². The van der Waals surface area contributed by atoms with Gasteiger partial charge in [0.05, 0.1) is 28.9 Å². The Kier molecular flexibility index (Phi) is 11.3. The van der Waals surface area contributed by atoms with Crippen LogP contribution in [0, 0.1) is 73.4 Å². The van der Waals surface area contributed by atoms with Gasteiger partial charge >= 0.3 is 11.9 Å². The summed E-state index contributed by atoms with van der Waals surface area (Å²) < 4.78 is 24.9. The molecule has 9 nitrogen and oxygen atoms in total. The summed E-state index contributed by atoms with van der Waals surface area (Å²) in [5.74, 6) is -0.546. The number of carboxylic acid groups (broad SMARTS) is 2. The summed E-state index contributed by atoms with van der Waals surface area (Å²) in [5, 5.41) is 36.7. The number of aliphatic hydroxyl groups excluding tert-OH is 1. The minimum absolute atomic E-state index is 0.0329. The zero-order valence-electron chi connectivity index (χ0n) is 39.6. The summed E-state index contributed by atoms with van der Waals surface area (Å²) in [6, 6.07) is 10.8. The highest BCUT2D eigenvalue weighted by molar-refractivity contribution is 7.91. The number of hydrogen-bond acceptors (Lipinski definition) is 7. The van der Waals surface area contributed by atoms with Crippen molar-refractivity contribution >= 4 is 21.8 Å². The second-order valence-electron chi connectivity index (χ2n) is 24.3. The molecule has 0 aromatic heterocycles. The molecular formula is C52H80N2O7S.